The van der Waals surface area contributed by atoms with Gasteiger partial charge in [0, 0.05) is 17.5 Å². The van der Waals surface area contributed by atoms with E-state index in [0.717, 1.165) is 22.3 Å². The fourth-order valence-electron chi connectivity index (χ4n) is 3.07. The monoisotopic (exact) mass is 291 g/mol. The van der Waals surface area contributed by atoms with E-state index < -0.39 is 17.5 Å². The Hall–Kier alpha value is -2.60. The van der Waals surface area contributed by atoms with Gasteiger partial charge in [0.2, 0.25) is 0 Å². The molecule has 3 nitrogen and oxygen atoms in total. The Labute approximate surface area is 130 Å². The van der Waals surface area contributed by atoms with Crippen LogP contribution in [0.1, 0.15) is 28.7 Å². The van der Waals surface area contributed by atoms with E-state index in [9.17, 15) is 10.1 Å². The van der Waals surface area contributed by atoms with Crippen molar-refractivity contribution in [2.24, 2.45) is 5.92 Å². The summed E-state index contributed by atoms with van der Waals surface area (Å²) in [7, 11) is 0. The minimum absolute atomic E-state index is 0.356. The third-order valence-corrected chi connectivity index (χ3v) is 4.18. The molecule has 1 unspecified atom stereocenters. The summed E-state index contributed by atoms with van der Waals surface area (Å²) in [4.78, 5) is 12.1. The normalized spacial score (nSPS) is 19.5. The molecule has 22 heavy (non-hydrogen) atoms. The van der Waals surface area contributed by atoms with E-state index in [-0.39, 0.29) is 0 Å². The molecule has 1 heterocycles. The molecule has 1 aliphatic heterocycles. The van der Waals surface area contributed by atoms with Crippen molar-refractivity contribution in [3.8, 4) is 6.07 Å². The van der Waals surface area contributed by atoms with E-state index in [1.807, 2.05) is 62.4 Å². The number of cyclic esters (lactones) is 1. The largest absolute Gasteiger partial charge is 0.448 e. The standard InChI is InChI=1S/C19H17NO2/c1-13-5-3-7-16(9-13)19(11-15(12-20)18(21)22-19)17-8-4-6-14(2)10-17/h3-10,15H,11H2,1-2H3. The Kier molecular flexibility index (Phi) is 3.46. The molecule has 1 saturated heterocycles. The van der Waals surface area contributed by atoms with Crippen LogP contribution >= 0.6 is 0 Å². The van der Waals surface area contributed by atoms with Gasteiger partial charge >= 0.3 is 5.97 Å². The number of aryl methyl sites for hydroxylation is 2. The molecule has 1 aliphatic rings. The lowest BCUT2D eigenvalue weighted by Gasteiger charge is -2.29. The van der Waals surface area contributed by atoms with Crippen molar-refractivity contribution < 1.29 is 9.53 Å². The van der Waals surface area contributed by atoms with Gasteiger partial charge in [0.1, 0.15) is 5.92 Å². The van der Waals surface area contributed by atoms with Crippen molar-refractivity contribution in [1.29, 1.82) is 5.26 Å². The van der Waals surface area contributed by atoms with E-state index in [1.165, 1.54) is 0 Å². The molecule has 3 heteroatoms. The molecule has 0 saturated carbocycles. The highest BCUT2D eigenvalue weighted by molar-refractivity contribution is 5.79. The van der Waals surface area contributed by atoms with Crippen LogP contribution in [0.15, 0.2) is 48.5 Å². The van der Waals surface area contributed by atoms with Crippen molar-refractivity contribution in [1.82, 2.24) is 0 Å². The van der Waals surface area contributed by atoms with Crippen molar-refractivity contribution in [2.75, 3.05) is 0 Å². The maximum Gasteiger partial charge on any atom is 0.324 e. The fraction of sp³-hybridized carbons (Fsp3) is 0.263. The lowest BCUT2D eigenvalue weighted by Crippen LogP contribution is -2.27. The van der Waals surface area contributed by atoms with Gasteiger partial charge < -0.3 is 4.74 Å². The van der Waals surface area contributed by atoms with E-state index >= 15 is 0 Å². The van der Waals surface area contributed by atoms with Crippen LogP contribution in [0.3, 0.4) is 0 Å². The van der Waals surface area contributed by atoms with Gasteiger partial charge in [0.25, 0.3) is 0 Å². The Morgan fingerprint density at radius 3 is 2.05 bits per heavy atom. The minimum Gasteiger partial charge on any atom is -0.448 e. The van der Waals surface area contributed by atoms with Crippen LogP contribution in [0.5, 0.6) is 0 Å². The van der Waals surface area contributed by atoms with Crippen molar-refractivity contribution in [2.45, 2.75) is 25.9 Å². The number of hydrogen-bond acceptors (Lipinski definition) is 3. The average Bonchev–Trinajstić information content (AvgIpc) is 2.85. The number of esters is 1. The summed E-state index contributed by atoms with van der Waals surface area (Å²) in [6.07, 6.45) is 0.356. The average molecular weight is 291 g/mol. The van der Waals surface area contributed by atoms with Crippen LogP contribution in [-0.2, 0) is 15.1 Å². The van der Waals surface area contributed by atoms with Gasteiger partial charge in [-0.05, 0) is 13.8 Å². The van der Waals surface area contributed by atoms with Gasteiger partial charge in [-0.2, -0.15) is 5.26 Å². The van der Waals surface area contributed by atoms with Crippen molar-refractivity contribution in [3.05, 3.63) is 70.8 Å². The van der Waals surface area contributed by atoms with Crippen molar-refractivity contribution >= 4 is 5.97 Å². The second-order valence-electron chi connectivity index (χ2n) is 5.87. The molecule has 0 aromatic heterocycles. The zero-order valence-electron chi connectivity index (χ0n) is 12.7. The van der Waals surface area contributed by atoms with Crippen LogP contribution in [-0.4, -0.2) is 5.97 Å². The third-order valence-electron chi connectivity index (χ3n) is 4.18. The molecule has 0 aliphatic carbocycles. The Bertz CT molecular complexity index is 727. The van der Waals surface area contributed by atoms with Gasteiger partial charge in [-0.25, -0.2) is 0 Å². The number of carbonyl (C=O) groups excluding carboxylic acids is 1. The molecule has 110 valence electrons. The van der Waals surface area contributed by atoms with Crippen LogP contribution in [0, 0.1) is 31.1 Å². The van der Waals surface area contributed by atoms with Gasteiger partial charge in [-0.15, -0.1) is 0 Å². The molecule has 0 N–H and O–H groups in total. The van der Waals surface area contributed by atoms with Crippen LogP contribution in [0.4, 0.5) is 0 Å². The number of ether oxygens (including phenoxy) is 1. The summed E-state index contributed by atoms with van der Waals surface area (Å²) in [5.74, 6) is -1.16. The Morgan fingerprint density at radius 2 is 1.64 bits per heavy atom. The Balaban J connectivity index is 2.20. The summed E-state index contributed by atoms with van der Waals surface area (Å²) >= 11 is 0. The van der Waals surface area contributed by atoms with Gasteiger partial charge in [0.15, 0.2) is 5.60 Å². The predicted octanol–water partition coefficient (Wildman–Crippen LogP) is 3.63. The summed E-state index contributed by atoms with van der Waals surface area (Å²) in [6, 6.07) is 18.0. The molecule has 0 spiro atoms. The predicted molar refractivity (Wildman–Crippen MR) is 83.0 cm³/mol. The third kappa shape index (κ3) is 2.27. The fourth-order valence-corrected chi connectivity index (χ4v) is 3.07. The maximum absolute atomic E-state index is 12.1. The second-order valence-corrected chi connectivity index (χ2v) is 5.87. The zero-order chi connectivity index (χ0) is 15.7. The zero-order valence-corrected chi connectivity index (χ0v) is 12.7. The molecule has 1 atom stereocenters. The summed E-state index contributed by atoms with van der Waals surface area (Å²) in [6.45, 7) is 4.01. The van der Waals surface area contributed by atoms with Crippen LogP contribution < -0.4 is 0 Å². The maximum atomic E-state index is 12.1. The molecular formula is C19H17NO2. The first kappa shape index (κ1) is 14.3. The number of benzene rings is 2. The minimum atomic E-state index is -0.866. The molecule has 0 amide bonds. The van der Waals surface area contributed by atoms with Gasteiger partial charge in [0.05, 0.1) is 6.07 Å². The van der Waals surface area contributed by atoms with Crippen LogP contribution in [0.25, 0.3) is 0 Å². The molecule has 2 aromatic rings. The molecular weight excluding hydrogens is 274 g/mol. The lowest BCUT2D eigenvalue weighted by molar-refractivity contribution is -0.147. The molecule has 2 aromatic carbocycles. The second kappa shape index (κ2) is 5.31. The van der Waals surface area contributed by atoms with Crippen molar-refractivity contribution in [3.63, 3.8) is 0 Å². The number of hydrogen-bond donors (Lipinski definition) is 0. The van der Waals surface area contributed by atoms with E-state index in [2.05, 4.69) is 6.07 Å². The highest BCUT2D eigenvalue weighted by atomic mass is 16.6. The van der Waals surface area contributed by atoms with Gasteiger partial charge in [-0.1, -0.05) is 59.7 Å². The molecule has 0 bridgehead atoms. The van der Waals surface area contributed by atoms with Crippen LogP contribution in [0.2, 0.25) is 0 Å². The topological polar surface area (TPSA) is 50.1 Å². The summed E-state index contributed by atoms with van der Waals surface area (Å²) in [5.41, 5.74) is 3.17. The van der Waals surface area contributed by atoms with E-state index in [0.29, 0.717) is 6.42 Å². The summed E-state index contributed by atoms with van der Waals surface area (Å²) in [5, 5.41) is 9.22. The lowest BCUT2D eigenvalue weighted by atomic mass is 9.81. The number of rotatable bonds is 2. The van der Waals surface area contributed by atoms with E-state index in [4.69, 9.17) is 4.74 Å². The van der Waals surface area contributed by atoms with E-state index in [1.54, 1.807) is 0 Å². The highest BCUT2D eigenvalue weighted by Gasteiger charge is 2.49. The first-order valence-corrected chi connectivity index (χ1v) is 7.32. The smallest absolute Gasteiger partial charge is 0.324 e. The first-order chi connectivity index (χ1) is 10.5. The number of carbonyl (C=O) groups is 1. The molecule has 0 radical (unpaired) electrons. The number of nitrogens with zero attached hydrogens (tertiary/aromatic N) is 1. The molecule has 1 fully saturated rings. The quantitative estimate of drug-likeness (QED) is 0.794. The summed E-state index contributed by atoms with van der Waals surface area (Å²) < 4.78 is 5.77. The Morgan fingerprint density at radius 1 is 1.09 bits per heavy atom. The number of nitriles is 1. The van der Waals surface area contributed by atoms with Gasteiger partial charge in [-0.3, -0.25) is 4.79 Å². The molecule has 3 rings (SSSR count). The SMILES string of the molecule is Cc1cccc(C2(c3cccc(C)c3)CC(C#N)C(=O)O2)c1. The first-order valence-electron chi connectivity index (χ1n) is 7.32. The highest BCUT2D eigenvalue weighted by Crippen LogP contribution is 2.45.